The van der Waals surface area contributed by atoms with Crippen molar-refractivity contribution in [1.29, 1.82) is 0 Å². The lowest BCUT2D eigenvalue weighted by molar-refractivity contribution is 0.290. The number of hydrogen-bond donors (Lipinski definition) is 1. The molecule has 0 aliphatic carbocycles. The number of fused-ring (bicyclic) bond motifs is 1. The smallest absolute Gasteiger partial charge is 0.297 e. The Balaban J connectivity index is 1.92. The van der Waals surface area contributed by atoms with E-state index in [2.05, 4.69) is 13.8 Å². The van der Waals surface area contributed by atoms with E-state index in [-0.39, 0.29) is 11.5 Å². The minimum absolute atomic E-state index is 0.277. The number of aryl methyl sites for hydroxylation is 1. The van der Waals surface area contributed by atoms with E-state index in [4.69, 9.17) is 9.47 Å². The summed E-state index contributed by atoms with van der Waals surface area (Å²) in [5.41, 5.74) is 1.39. The van der Waals surface area contributed by atoms with E-state index in [1.165, 1.54) is 0 Å². The maximum absolute atomic E-state index is 12.9. The summed E-state index contributed by atoms with van der Waals surface area (Å²) < 4.78 is 13.5. The van der Waals surface area contributed by atoms with Gasteiger partial charge in [0.2, 0.25) is 5.75 Å². The van der Waals surface area contributed by atoms with Crippen molar-refractivity contribution < 1.29 is 14.6 Å². The molecule has 0 atom stereocenters. The Labute approximate surface area is 184 Å². The second-order valence-electron chi connectivity index (χ2n) is 7.85. The lowest BCUT2D eigenvalue weighted by Gasteiger charge is -2.17. The first kappa shape index (κ1) is 22.7. The van der Waals surface area contributed by atoms with Gasteiger partial charge < -0.3 is 19.1 Å². The van der Waals surface area contributed by atoms with E-state index >= 15 is 0 Å². The molecule has 0 bridgehead atoms. The Bertz CT molecular complexity index is 1030. The Kier molecular flexibility index (Phi) is 8.39. The number of pyridine rings is 1. The maximum Gasteiger partial charge on any atom is 0.297 e. The molecule has 0 radical (unpaired) electrons. The summed E-state index contributed by atoms with van der Waals surface area (Å²) in [5, 5.41) is 11.3. The molecule has 2 aromatic carbocycles. The van der Waals surface area contributed by atoms with Crippen molar-refractivity contribution in [1.82, 2.24) is 4.57 Å². The Morgan fingerprint density at radius 1 is 0.903 bits per heavy atom. The fourth-order valence-electron chi connectivity index (χ4n) is 3.61. The van der Waals surface area contributed by atoms with Gasteiger partial charge in [0, 0.05) is 18.0 Å². The average molecular weight is 424 g/mol. The van der Waals surface area contributed by atoms with Crippen LogP contribution in [0.25, 0.3) is 10.9 Å². The number of rotatable bonds is 12. The number of unbranched alkanes of at least 4 members (excludes halogenated alkanes) is 4. The maximum atomic E-state index is 12.9. The zero-order valence-electron chi connectivity index (χ0n) is 18.6. The SMILES string of the molecule is CCCCCCOc1c(O)c(=O)n(CCCC)c2cc(OCc3ccccc3)ccc12. The van der Waals surface area contributed by atoms with Crippen LogP contribution in [0.15, 0.2) is 53.3 Å². The highest BCUT2D eigenvalue weighted by Gasteiger charge is 2.18. The van der Waals surface area contributed by atoms with Crippen molar-refractivity contribution in [3.63, 3.8) is 0 Å². The third kappa shape index (κ3) is 5.81. The molecule has 0 saturated carbocycles. The van der Waals surface area contributed by atoms with Crippen molar-refractivity contribution >= 4 is 10.9 Å². The van der Waals surface area contributed by atoms with Crippen LogP contribution in [-0.4, -0.2) is 16.3 Å². The van der Waals surface area contributed by atoms with Crippen LogP contribution in [-0.2, 0) is 13.2 Å². The van der Waals surface area contributed by atoms with Crippen LogP contribution in [0.5, 0.6) is 17.2 Å². The molecule has 0 amide bonds. The first-order valence-electron chi connectivity index (χ1n) is 11.3. The van der Waals surface area contributed by atoms with E-state index in [0.29, 0.717) is 25.5 Å². The largest absolute Gasteiger partial charge is 0.500 e. The van der Waals surface area contributed by atoms with Crippen LogP contribution >= 0.6 is 0 Å². The predicted octanol–water partition coefficient (Wildman–Crippen LogP) is 6.05. The topological polar surface area (TPSA) is 60.7 Å². The molecule has 0 aliphatic rings. The third-order valence-electron chi connectivity index (χ3n) is 5.40. The number of nitrogens with zero attached hydrogens (tertiary/aromatic N) is 1. The van der Waals surface area contributed by atoms with Crippen LogP contribution in [0.3, 0.4) is 0 Å². The number of aromatic hydroxyl groups is 1. The quantitative estimate of drug-likeness (QED) is 0.361. The molecule has 1 aromatic heterocycles. The molecule has 0 spiro atoms. The molecule has 0 fully saturated rings. The molecule has 1 heterocycles. The number of ether oxygens (including phenoxy) is 2. The molecule has 0 saturated heterocycles. The summed E-state index contributed by atoms with van der Waals surface area (Å²) in [6.45, 7) is 5.71. The van der Waals surface area contributed by atoms with Crippen LogP contribution in [0.2, 0.25) is 0 Å². The van der Waals surface area contributed by atoms with Crippen molar-refractivity contribution in [3.05, 3.63) is 64.4 Å². The number of hydrogen-bond acceptors (Lipinski definition) is 4. The van der Waals surface area contributed by atoms with Crippen molar-refractivity contribution in [3.8, 4) is 17.2 Å². The highest BCUT2D eigenvalue weighted by atomic mass is 16.5. The highest BCUT2D eigenvalue weighted by molar-refractivity contribution is 5.88. The van der Waals surface area contributed by atoms with Gasteiger partial charge >= 0.3 is 0 Å². The Morgan fingerprint density at radius 2 is 1.68 bits per heavy atom. The molecule has 5 nitrogen and oxygen atoms in total. The summed E-state index contributed by atoms with van der Waals surface area (Å²) in [6, 6.07) is 15.6. The third-order valence-corrected chi connectivity index (χ3v) is 5.40. The van der Waals surface area contributed by atoms with Gasteiger partial charge in [-0.2, -0.15) is 0 Å². The normalized spacial score (nSPS) is 11.0. The molecule has 1 N–H and O–H groups in total. The molecule has 5 heteroatoms. The van der Waals surface area contributed by atoms with Crippen LogP contribution < -0.4 is 15.0 Å². The lowest BCUT2D eigenvalue weighted by atomic mass is 10.1. The highest BCUT2D eigenvalue weighted by Crippen LogP contribution is 2.34. The lowest BCUT2D eigenvalue weighted by Crippen LogP contribution is -2.21. The number of aromatic nitrogens is 1. The Hall–Kier alpha value is -2.95. The molecule has 166 valence electrons. The van der Waals surface area contributed by atoms with Crippen LogP contribution in [0.1, 0.15) is 57.9 Å². The summed E-state index contributed by atoms with van der Waals surface area (Å²) in [7, 11) is 0. The summed E-state index contributed by atoms with van der Waals surface area (Å²) in [5.74, 6) is 0.650. The standard InChI is InChI=1S/C26H33NO4/c1-3-5-7-11-17-30-25-22-15-14-21(31-19-20-12-9-8-10-13-20)18-23(22)27(16-6-4-2)26(29)24(25)28/h8-10,12-15,18,28H,3-7,11,16-17,19H2,1-2H3. The minimum Gasteiger partial charge on any atom is -0.500 e. The van der Waals surface area contributed by atoms with Crippen molar-refractivity contribution in [2.75, 3.05) is 6.61 Å². The van der Waals surface area contributed by atoms with Crippen LogP contribution in [0.4, 0.5) is 0 Å². The summed E-state index contributed by atoms with van der Waals surface area (Å²) >= 11 is 0. The van der Waals surface area contributed by atoms with Crippen LogP contribution in [0, 0.1) is 0 Å². The first-order valence-corrected chi connectivity index (χ1v) is 11.3. The van der Waals surface area contributed by atoms with E-state index in [1.54, 1.807) is 4.57 Å². The molecular weight excluding hydrogens is 390 g/mol. The van der Waals surface area contributed by atoms with Gasteiger partial charge in [0.15, 0.2) is 5.75 Å². The van der Waals surface area contributed by atoms with Gasteiger partial charge in [-0.1, -0.05) is 69.9 Å². The van der Waals surface area contributed by atoms with Gasteiger partial charge in [0.05, 0.1) is 12.1 Å². The van der Waals surface area contributed by atoms with Gasteiger partial charge in [-0.15, -0.1) is 0 Å². The van der Waals surface area contributed by atoms with E-state index < -0.39 is 5.56 Å². The zero-order valence-corrected chi connectivity index (χ0v) is 18.6. The van der Waals surface area contributed by atoms with E-state index in [9.17, 15) is 9.90 Å². The van der Waals surface area contributed by atoms with E-state index in [0.717, 1.165) is 55.0 Å². The molecule has 0 unspecified atom stereocenters. The minimum atomic E-state index is -0.412. The molecule has 31 heavy (non-hydrogen) atoms. The van der Waals surface area contributed by atoms with Crippen molar-refractivity contribution in [2.24, 2.45) is 0 Å². The molecular formula is C26H33NO4. The monoisotopic (exact) mass is 423 g/mol. The molecule has 0 aliphatic heterocycles. The number of benzene rings is 2. The molecule has 3 rings (SSSR count). The van der Waals surface area contributed by atoms with Gasteiger partial charge in [0.25, 0.3) is 5.56 Å². The first-order chi connectivity index (χ1) is 15.2. The second-order valence-corrected chi connectivity index (χ2v) is 7.85. The van der Waals surface area contributed by atoms with Gasteiger partial charge in [0.1, 0.15) is 12.4 Å². The predicted molar refractivity (Wildman–Crippen MR) is 125 cm³/mol. The van der Waals surface area contributed by atoms with Gasteiger partial charge in [-0.3, -0.25) is 4.79 Å². The van der Waals surface area contributed by atoms with Crippen molar-refractivity contribution in [2.45, 2.75) is 65.5 Å². The van der Waals surface area contributed by atoms with Gasteiger partial charge in [-0.25, -0.2) is 0 Å². The summed E-state index contributed by atoms with van der Waals surface area (Å²) in [6.07, 6.45) is 6.06. The average Bonchev–Trinajstić information content (AvgIpc) is 2.80. The zero-order chi connectivity index (χ0) is 22.1. The second kappa shape index (κ2) is 11.4. The molecule has 3 aromatic rings. The van der Waals surface area contributed by atoms with E-state index in [1.807, 2.05) is 48.5 Å². The summed E-state index contributed by atoms with van der Waals surface area (Å²) in [4.78, 5) is 12.9. The fraction of sp³-hybridized carbons (Fsp3) is 0.423. The Morgan fingerprint density at radius 3 is 2.42 bits per heavy atom. The fourth-order valence-corrected chi connectivity index (χ4v) is 3.61. The van der Waals surface area contributed by atoms with Gasteiger partial charge in [-0.05, 0) is 30.5 Å².